The molecule has 2 aliphatic heterocycles. The number of hydrogen-bond donors (Lipinski definition) is 1. The highest BCUT2D eigenvalue weighted by Gasteiger charge is 2.34. The molecule has 0 aliphatic carbocycles. The van der Waals surface area contributed by atoms with Gasteiger partial charge in [-0.1, -0.05) is 6.07 Å². The van der Waals surface area contributed by atoms with Gasteiger partial charge < -0.3 is 10.2 Å². The monoisotopic (exact) mass is 280 g/mol. The van der Waals surface area contributed by atoms with E-state index in [2.05, 4.69) is 10.2 Å². The van der Waals surface area contributed by atoms with Crippen molar-refractivity contribution in [2.24, 2.45) is 5.92 Å². The molecule has 110 valence electrons. The third-order valence-corrected chi connectivity index (χ3v) is 4.70. The Balaban J connectivity index is 1.61. The summed E-state index contributed by atoms with van der Waals surface area (Å²) in [5.74, 6) is -0.166. The van der Waals surface area contributed by atoms with Gasteiger partial charge in [-0.25, -0.2) is 8.78 Å². The van der Waals surface area contributed by atoms with E-state index >= 15 is 0 Å². The van der Waals surface area contributed by atoms with Crippen LogP contribution in [0.25, 0.3) is 0 Å². The minimum absolute atomic E-state index is 0.0959. The van der Waals surface area contributed by atoms with Crippen molar-refractivity contribution in [2.45, 2.75) is 38.3 Å². The highest BCUT2D eigenvalue weighted by Crippen LogP contribution is 2.27. The molecular weight excluding hydrogens is 258 g/mol. The number of fused-ring (bicyclic) bond motifs is 2. The Hall–Kier alpha value is -1.00. The zero-order valence-electron chi connectivity index (χ0n) is 11.9. The second-order valence-corrected chi connectivity index (χ2v) is 6.22. The topological polar surface area (TPSA) is 15.3 Å². The molecule has 1 aromatic rings. The maximum absolute atomic E-state index is 13.7. The molecule has 2 heterocycles. The van der Waals surface area contributed by atoms with Gasteiger partial charge in [-0.05, 0) is 57.3 Å². The fraction of sp³-hybridized carbons (Fsp3) is 0.625. The molecule has 2 nitrogen and oxygen atoms in total. The van der Waals surface area contributed by atoms with Crippen molar-refractivity contribution < 1.29 is 8.78 Å². The Morgan fingerprint density at radius 3 is 2.70 bits per heavy atom. The molecule has 2 bridgehead atoms. The zero-order chi connectivity index (χ0) is 14.1. The summed E-state index contributed by atoms with van der Waals surface area (Å²) in [5.41, 5.74) is 0.205. The van der Waals surface area contributed by atoms with Gasteiger partial charge in [0.15, 0.2) is 0 Å². The minimum atomic E-state index is -0.436. The largest absolute Gasteiger partial charge is 0.311 e. The average molecular weight is 280 g/mol. The lowest BCUT2D eigenvalue weighted by Crippen LogP contribution is -2.47. The van der Waals surface area contributed by atoms with Crippen LogP contribution in [0, 0.1) is 17.6 Å². The van der Waals surface area contributed by atoms with Crippen LogP contribution in [0.15, 0.2) is 18.2 Å². The van der Waals surface area contributed by atoms with Crippen molar-refractivity contribution >= 4 is 0 Å². The summed E-state index contributed by atoms with van der Waals surface area (Å²) >= 11 is 0. The molecule has 20 heavy (non-hydrogen) atoms. The van der Waals surface area contributed by atoms with E-state index in [0.29, 0.717) is 18.4 Å². The van der Waals surface area contributed by atoms with E-state index in [9.17, 15) is 8.78 Å². The van der Waals surface area contributed by atoms with Crippen LogP contribution >= 0.6 is 0 Å². The first-order valence-electron chi connectivity index (χ1n) is 7.55. The van der Waals surface area contributed by atoms with E-state index in [4.69, 9.17) is 0 Å². The number of nitrogens with zero attached hydrogens (tertiary/aromatic N) is 1. The molecule has 1 aromatic carbocycles. The second kappa shape index (κ2) is 5.78. The predicted molar refractivity (Wildman–Crippen MR) is 75.6 cm³/mol. The van der Waals surface area contributed by atoms with Gasteiger partial charge >= 0.3 is 0 Å². The summed E-state index contributed by atoms with van der Waals surface area (Å²) in [6.07, 6.45) is 2.80. The van der Waals surface area contributed by atoms with Crippen molar-refractivity contribution in [2.75, 3.05) is 19.6 Å². The molecule has 4 heteroatoms. The first-order chi connectivity index (χ1) is 9.63. The molecule has 0 spiro atoms. The highest BCUT2D eigenvalue weighted by atomic mass is 19.1. The highest BCUT2D eigenvalue weighted by molar-refractivity contribution is 5.20. The van der Waals surface area contributed by atoms with Crippen LogP contribution in [-0.4, -0.2) is 36.6 Å². The third kappa shape index (κ3) is 2.86. The number of hydrogen-bond acceptors (Lipinski definition) is 2. The van der Waals surface area contributed by atoms with Crippen molar-refractivity contribution in [1.29, 1.82) is 0 Å². The lowest BCUT2D eigenvalue weighted by atomic mass is 9.93. The summed E-state index contributed by atoms with van der Waals surface area (Å²) in [6, 6.07) is 4.68. The van der Waals surface area contributed by atoms with E-state index in [1.807, 2.05) is 6.92 Å². The van der Waals surface area contributed by atoms with Crippen LogP contribution in [0.3, 0.4) is 0 Å². The number of nitrogens with one attached hydrogen (secondary N) is 1. The van der Waals surface area contributed by atoms with Gasteiger partial charge in [0.05, 0.1) is 0 Å². The normalized spacial score (nSPS) is 30.4. The Labute approximate surface area is 119 Å². The van der Waals surface area contributed by atoms with Crippen LogP contribution in [0.1, 0.15) is 25.3 Å². The summed E-state index contributed by atoms with van der Waals surface area (Å²) in [5, 5.41) is 3.59. The molecular formula is C16H22F2N2. The Morgan fingerprint density at radius 1 is 1.25 bits per heavy atom. The van der Waals surface area contributed by atoms with E-state index in [1.165, 1.54) is 37.7 Å². The Bertz CT molecular complexity index is 457. The van der Waals surface area contributed by atoms with Crippen molar-refractivity contribution in [1.82, 2.24) is 10.2 Å². The average Bonchev–Trinajstić information content (AvgIpc) is 2.81. The van der Waals surface area contributed by atoms with Crippen LogP contribution in [0.4, 0.5) is 8.78 Å². The SMILES string of the molecule is CC(Cc1c(F)cccc1F)NC1CCN2CCC1C2. The van der Waals surface area contributed by atoms with E-state index in [-0.39, 0.29) is 11.6 Å². The van der Waals surface area contributed by atoms with E-state index in [1.54, 1.807) is 0 Å². The van der Waals surface area contributed by atoms with Crippen molar-refractivity contribution in [3.8, 4) is 0 Å². The van der Waals surface area contributed by atoms with Gasteiger partial charge in [-0.15, -0.1) is 0 Å². The quantitative estimate of drug-likeness (QED) is 0.912. The third-order valence-electron chi connectivity index (χ3n) is 4.70. The molecule has 4 unspecified atom stereocenters. The maximum Gasteiger partial charge on any atom is 0.129 e. The first-order valence-corrected chi connectivity index (χ1v) is 7.55. The molecule has 0 aromatic heterocycles. The summed E-state index contributed by atoms with van der Waals surface area (Å²) in [4.78, 5) is 2.50. The van der Waals surface area contributed by atoms with Gasteiger partial charge in [-0.2, -0.15) is 0 Å². The number of halogens is 2. The predicted octanol–water partition coefficient (Wildman–Crippen LogP) is 2.58. The number of benzene rings is 1. The van der Waals surface area contributed by atoms with E-state index in [0.717, 1.165) is 13.0 Å². The molecule has 0 amide bonds. The summed E-state index contributed by atoms with van der Waals surface area (Å²) in [6.45, 7) is 5.56. The smallest absolute Gasteiger partial charge is 0.129 e. The fourth-order valence-electron chi connectivity index (χ4n) is 3.63. The lowest BCUT2D eigenvalue weighted by molar-refractivity contribution is 0.211. The minimum Gasteiger partial charge on any atom is -0.311 e. The van der Waals surface area contributed by atoms with Gasteiger partial charge in [-0.3, -0.25) is 0 Å². The molecule has 0 radical (unpaired) electrons. The van der Waals surface area contributed by atoms with Crippen LogP contribution in [0.2, 0.25) is 0 Å². The lowest BCUT2D eigenvalue weighted by Gasteiger charge is -2.33. The Morgan fingerprint density at radius 2 is 1.95 bits per heavy atom. The van der Waals surface area contributed by atoms with Gasteiger partial charge in [0.25, 0.3) is 0 Å². The van der Waals surface area contributed by atoms with Crippen LogP contribution in [-0.2, 0) is 6.42 Å². The van der Waals surface area contributed by atoms with Crippen molar-refractivity contribution in [3.05, 3.63) is 35.4 Å². The fourth-order valence-corrected chi connectivity index (χ4v) is 3.63. The molecule has 0 saturated carbocycles. The second-order valence-electron chi connectivity index (χ2n) is 6.22. The summed E-state index contributed by atoms with van der Waals surface area (Å²) in [7, 11) is 0. The molecule has 3 rings (SSSR count). The summed E-state index contributed by atoms with van der Waals surface area (Å²) < 4.78 is 27.3. The van der Waals surface area contributed by atoms with Gasteiger partial charge in [0.2, 0.25) is 0 Å². The molecule has 4 atom stereocenters. The maximum atomic E-state index is 13.7. The number of piperidine rings is 1. The zero-order valence-corrected chi connectivity index (χ0v) is 11.9. The Kier molecular flexibility index (Phi) is 4.03. The molecule has 2 saturated heterocycles. The number of rotatable bonds is 4. The van der Waals surface area contributed by atoms with Gasteiger partial charge in [0, 0.05) is 24.2 Å². The van der Waals surface area contributed by atoms with E-state index < -0.39 is 11.6 Å². The first kappa shape index (κ1) is 14.0. The molecule has 2 aliphatic rings. The standard InChI is InChI=1S/C16H22F2N2/c1-11(9-13-14(17)3-2-4-15(13)18)19-16-6-8-20-7-5-12(16)10-20/h2-4,11-12,16,19H,5-10H2,1H3. The van der Waals surface area contributed by atoms with Crippen LogP contribution in [0.5, 0.6) is 0 Å². The molecule has 2 fully saturated rings. The van der Waals surface area contributed by atoms with Crippen LogP contribution < -0.4 is 5.32 Å². The van der Waals surface area contributed by atoms with Crippen molar-refractivity contribution in [3.63, 3.8) is 0 Å². The molecule has 1 N–H and O–H groups in total. The van der Waals surface area contributed by atoms with Gasteiger partial charge in [0.1, 0.15) is 11.6 Å².